The van der Waals surface area contributed by atoms with Crippen LogP contribution < -0.4 is 10.6 Å². The summed E-state index contributed by atoms with van der Waals surface area (Å²) in [7, 11) is 0. The Kier molecular flexibility index (Phi) is 5.14. The highest BCUT2D eigenvalue weighted by atomic mass is 32.1. The number of benzene rings is 1. The van der Waals surface area contributed by atoms with Crippen LogP contribution in [0, 0.1) is 6.92 Å². The Morgan fingerprint density at radius 3 is 2.68 bits per heavy atom. The van der Waals surface area contributed by atoms with Gasteiger partial charge in [-0.15, -0.1) is 11.3 Å². The Hall–Kier alpha value is -2.67. The zero-order chi connectivity index (χ0) is 17.8. The largest absolute Gasteiger partial charge is 0.355 e. The zero-order valence-electron chi connectivity index (χ0n) is 14.2. The van der Waals surface area contributed by atoms with Gasteiger partial charge in [-0.1, -0.05) is 30.3 Å². The Morgan fingerprint density at radius 1 is 1.20 bits per heavy atom. The summed E-state index contributed by atoms with van der Waals surface area (Å²) in [6.45, 7) is 4.97. The minimum Gasteiger partial charge on any atom is -0.355 e. The average Bonchev–Trinajstić information content (AvgIpc) is 3.16. The number of aryl methyl sites for hydroxylation is 1. The molecule has 0 radical (unpaired) electrons. The van der Waals surface area contributed by atoms with Crippen molar-refractivity contribution in [2.75, 3.05) is 13.1 Å². The summed E-state index contributed by atoms with van der Waals surface area (Å²) in [4.78, 5) is 25.3. The molecule has 3 aromatic rings. The summed E-state index contributed by atoms with van der Waals surface area (Å²) in [6, 6.07) is 11.9. The van der Waals surface area contributed by atoms with E-state index in [1.807, 2.05) is 42.8 Å². The molecule has 2 aromatic heterocycles. The van der Waals surface area contributed by atoms with Gasteiger partial charge in [-0.3, -0.25) is 14.3 Å². The number of nitrogens with zero attached hydrogens (tertiary/aromatic N) is 2. The van der Waals surface area contributed by atoms with Gasteiger partial charge in [0.05, 0.1) is 23.7 Å². The van der Waals surface area contributed by atoms with Crippen LogP contribution in [0.5, 0.6) is 0 Å². The van der Waals surface area contributed by atoms with Crippen molar-refractivity contribution in [1.82, 2.24) is 20.4 Å². The second-order valence-electron chi connectivity index (χ2n) is 5.69. The SMILES string of the molecule is CCNC(=O)CNC(=O)c1cc2c(C)nn(Cc3ccccc3)c2s1. The molecule has 1 aromatic carbocycles. The maximum atomic E-state index is 12.3. The number of amides is 2. The van der Waals surface area contributed by atoms with Crippen LogP contribution in [0.25, 0.3) is 10.2 Å². The maximum Gasteiger partial charge on any atom is 0.261 e. The molecule has 6 nitrogen and oxygen atoms in total. The van der Waals surface area contributed by atoms with Crippen LogP contribution in [0.3, 0.4) is 0 Å². The molecule has 0 bridgehead atoms. The lowest BCUT2D eigenvalue weighted by molar-refractivity contribution is -0.120. The van der Waals surface area contributed by atoms with Gasteiger partial charge in [-0.05, 0) is 25.5 Å². The van der Waals surface area contributed by atoms with E-state index < -0.39 is 0 Å². The van der Waals surface area contributed by atoms with E-state index >= 15 is 0 Å². The summed E-state index contributed by atoms with van der Waals surface area (Å²) in [5.74, 6) is -0.429. The first-order valence-electron chi connectivity index (χ1n) is 8.14. The molecule has 0 spiro atoms. The Labute approximate surface area is 149 Å². The van der Waals surface area contributed by atoms with E-state index in [2.05, 4.69) is 27.9 Å². The number of thiophene rings is 1. The van der Waals surface area contributed by atoms with Gasteiger partial charge in [0.15, 0.2) is 0 Å². The quantitative estimate of drug-likeness (QED) is 0.712. The van der Waals surface area contributed by atoms with E-state index in [-0.39, 0.29) is 18.4 Å². The van der Waals surface area contributed by atoms with E-state index in [1.165, 1.54) is 11.3 Å². The molecule has 0 unspecified atom stereocenters. The van der Waals surface area contributed by atoms with Crippen LogP contribution in [-0.4, -0.2) is 34.7 Å². The zero-order valence-corrected chi connectivity index (χ0v) is 15.0. The van der Waals surface area contributed by atoms with Crippen molar-refractivity contribution < 1.29 is 9.59 Å². The highest BCUT2D eigenvalue weighted by Gasteiger charge is 2.17. The Morgan fingerprint density at radius 2 is 1.96 bits per heavy atom. The molecule has 0 saturated heterocycles. The van der Waals surface area contributed by atoms with Gasteiger partial charge in [-0.2, -0.15) is 5.10 Å². The minimum absolute atomic E-state index is 0.0178. The molecule has 7 heteroatoms. The second kappa shape index (κ2) is 7.48. The average molecular weight is 356 g/mol. The molecule has 0 fully saturated rings. The first-order valence-corrected chi connectivity index (χ1v) is 8.96. The van der Waals surface area contributed by atoms with E-state index in [4.69, 9.17) is 0 Å². The normalized spacial score (nSPS) is 10.8. The number of aromatic nitrogens is 2. The van der Waals surface area contributed by atoms with Gasteiger partial charge in [0.25, 0.3) is 5.91 Å². The molecule has 25 heavy (non-hydrogen) atoms. The molecule has 2 N–H and O–H groups in total. The van der Waals surface area contributed by atoms with Crippen LogP contribution in [0.15, 0.2) is 36.4 Å². The topological polar surface area (TPSA) is 76.0 Å². The molecule has 2 heterocycles. The molecule has 2 amide bonds. The third kappa shape index (κ3) is 3.88. The summed E-state index contributed by atoms with van der Waals surface area (Å²) < 4.78 is 1.92. The fourth-order valence-electron chi connectivity index (χ4n) is 2.60. The van der Waals surface area contributed by atoms with Gasteiger partial charge in [0.1, 0.15) is 4.83 Å². The van der Waals surface area contributed by atoms with Gasteiger partial charge in [-0.25, -0.2) is 0 Å². The molecular formula is C18H20N4O2S. The molecule has 0 aliphatic carbocycles. The second-order valence-corrected chi connectivity index (χ2v) is 6.72. The smallest absolute Gasteiger partial charge is 0.261 e. The molecule has 0 aliphatic heterocycles. The number of likely N-dealkylation sites (N-methyl/N-ethyl adjacent to an activating group) is 1. The van der Waals surface area contributed by atoms with Crippen molar-refractivity contribution in [3.63, 3.8) is 0 Å². The van der Waals surface area contributed by atoms with Crippen molar-refractivity contribution in [3.05, 3.63) is 52.5 Å². The highest BCUT2D eigenvalue weighted by molar-refractivity contribution is 7.20. The number of carbonyl (C=O) groups is 2. The highest BCUT2D eigenvalue weighted by Crippen LogP contribution is 2.28. The molecule has 3 rings (SSSR count). The number of rotatable bonds is 6. The van der Waals surface area contributed by atoms with Crippen molar-refractivity contribution in [2.45, 2.75) is 20.4 Å². The third-order valence-electron chi connectivity index (χ3n) is 3.79. The Bertz CT molecular complexity index is 899. The van der Waals surface area contributed by atoms with Crippen LogP contribution in [0.2, 0.25) is 0 Å². The van der Waals surface area contributed by atoms with Crippen molar-refractivity contribution in [3.8, 4) is 0 Å². The predicted molar refractivity (Wildman–Crippen MR) is 98.9 cm³/mol. The van der Waals surface area contributed by atoms with E-state index in [0.717, 1.165) is 21.5 Å². The minimum atomic E-state index is -0.238. The lowest BCUT2D eigenvalue weighted by Crippen LogP contribution is -2.36. The van der Waals surface area contributed by atoms with E-state index in [9.17, 15) is 9.59 Å². The fraction of sp³-hybridized carbons (Fsp3) is 0.278. The number of hydrogen-bond acceptors (Lipinski definition) is 4. The molecule has 0 atom stereocenters. The first kappa shape index (κ1) is 17.2. The Balaban J connectivity index is 1.79. The van der Waals surface area contributed by atoms with Crippen molar-refractivity contribution in [2.24, 2.45) is 0 Å². The standard InChI is InChI=1S/C18H20N4O2S/c1-3-19-16(23)10-20-17(24)15-9-14-12(2)21-22(18(14)25-15)11-13-7-5-4-6-8-13/h4-9H,3,10-11H2,1-2H3,(H,19,23)(H,20,24). The molecular weight excluding hydrogens is 336 g/mol. The van der Waals surface area contributed by atoms with Gasteiger partial charge in [0, 0.05) is 11.9 Å². The monoisotopic (exact) mass is 356 g/mol. The third-order valence-corrected chi connectivity index (χ3v) is 4.94. The predicted octanol–water partition coefficient (Wildman–Crippen LogP) is 2.32. The van der Waals surface area contributed by atoms with Gasteiger partial charge < -0.3 is 10.6 Å². The molecule has 0 saturated carbocycles. The summed E-state index contributed by atoms with van der Waals surface area (Å²) in [6.07, 6.45) is 0. The summed E-state index contributed by atoms with van der Waals surface area (Å²) >= 11 is 1.39. The number of fused-ring (bicyclic) bond motifs is 1. The van der Waals surface area contributed by atoms with Crippen LogP contribution >= 0.6 is 11.3 Å². The van der Waals surface area contributed by atoms with Crippen LogP contribution in [-0.2, 0) is 11.3 Å². The maximum absolute atomic E-state index is 12.3. The summed E-state index contributed by atoms with van der Waals surface area (Å²) in [5, 5.41) is 10.9. The van der Waals surface area contributed by atoms with Crippen LogP contribution in [0.1, 0.15) is 27.9 Å². The molecule has 130 valence electrons. The fourth-order valence-corrected chi connectivity index (χ4v) is 3.67. The first-order chi connectivity index (χ1) is 12.1. The lowest BCUT2D eigenvalue weighted by Gasteiger charge is -2.04. The van der Waals surface area contributed by atoms with Crippen molar-refractivity contribution >= 4 is 33.4 Å². The van der Waals surface area contributed by atoms with Crippen molar-refractivity contribution in [1.29, 1.82) is 0 Å². The van der Waals surface area contributed by atoms with Gasteiger partial charge >= 0.3 is 0 Å². The number of nitrogens with one attached hydrogen (secondary N) is 2. The van der Waals surface area contributed by atoms with E-state index in [0.29, 0.717) is 18.0 Å². The molecule has 0 aliphatic rings. The van der Waals surface area contributed by atoms with Gasteiger partial charge in [0.2, 0.25) is 5.91 Å². The van der Waals surface area contributed by atoms with E-state index in [1.54, 1.807) is 0 Å². The number of carbonyl (C=O) groups excluding carboxylic acids is 2. The van der Waals surface area contributed by atoms with Crippen LogP contribution in [0.4, 0.5) is 0 Å². The lowest BCUT2D eigenvalue weighted by atomic mass is 10.2. The number of hydrogen-bond donors (Lipinski definition) is 2. The summed E-state index contributed by atoms with van der Waals surface area (Å²) in [5.41, 5.74) is 2.05.